The zero-order chi connectivity index (χ0) is 30.3. The lowest BCUT2D eigenvalue weighted by Gasteiger charge is -2.36. The van der Waals surface area contributed by atoms with Crippen molar-refractivity contribution >= 4 is 35.3 Å². The first kappa shape index (κ1) is 32.3. The van der Waals surface area contributed by atoms with Crippen LogP contribution in [0.1, 0.15) is 79.1 Å². The van der Waals surface area contributed by atoms with Gasteiger partial charge in [0.2, 0.25) is 17.6 Å². The summed E-state index contributed by atoms with van der Waals surface area (Å²) < 4.78 is 0. The Labute approximate surface area is 243 Å². The van der Waals surface area contributed by atoms with Gasteiger partial charge < -0.3 is 26.2 Å². The maximum absolute atomic E-state index is 13.9. The highest BCUT2D eigenvalue weighted by molar-refractivity contribution is 6.37. The minimum Gasteiger partial charge on any atom is -0.347 e. The molecule has 41 heavy (non-hydrogen) atoms. The quantitative estimate of drug-likeness (QED) is 0.206. The van der Waals surface area contributed by atoms with Crippen LogP contribution in [-0.2, 0) is 24.0 Å². The number of hydrogen-bond acceptors (Lipinski definition) is 6. The van der Waals surface area contributed by atoms with Gasteiger partial charge >= 0.3 is 6.03 Å². The number of carbonyl (C=O) groups excluding carboxylic acids is 6. The fourth-order valence-electron chi connectivity index (χ4n) is 5.81. The first-order valence-corrected chi connectivity index (χ1v) is 14.9. The highest BCUT2D eigenvalue weighted by Gasteiger charge is 2.45. The molecule has 4 atom stereocenters. The van der Waals surface area contributed by atoms with Gasteiger partial charge in [0.25, 0.3) is 5.91 Å². The highest BCUT2D eigenvalue weighted by Crippen LogP contribution is 2.35. The molecule has 1 saturated heterocycles. The number of carbonyl (C=O) groups is 6. The molecule has 2 aliphatic carbocycles. The second-order valence-electron chi connectivity index (χ2n) is 13.0. The van der Waals surface area contributed by atoms with Crippen molar-refractivity contribution in [3.05, 3.63) is 12.7 Å². The summed E-state index contributed by atoms with van der Waals surface area (Å²) in [5.41, 5.74) is -0.693. The van der Waals surface area contributed by atoms with Crippen LogP contribution < -0.4 is 21.3 Å². The molecule has 3 rings (SSSR count). The van der Waals surface area contributed by atoms with Crippen LogP contribution in [0, 0.1) is 23.2 Å². The third-order valence-electron chi connectivity index (χ3n) is 8.26. The van der Waals surface area contributed by atoms with Crippen LogP contribution in [0.5, 0.6) is 0 Å². The van der Waals surface area contributed by atoms with Gasteiger partial charge in [0.05, 0.1) is 12.6 Å². The van der Waals surface area contributed by atoms with Crippen LogP contribution in [-0.4, -0.2) is 78.0 Å². The van der Waals surface area contributed by atoms with Gasteiger partial charge in [-0.15, -0.1) is 6.58 Å². The topological polar surface area (TPSA) is 154 Å². The fourth-order valence-corrected chi connectivity index (χ4v) is 5.81. The van der Waals surface area contributed by atoms with E-state index in [1.165, 1.54) is 11.0 Å². The molecule has 0 bridgehead atoms. The van der Waals surface area contributed by atoms with E-state index >= 15 is 0 Å². The van der Waals surface area contributed by atoms with Gasteiger partial charge in [0.15, 0.2) is 5.78 Å². The van der Waals surface area contributed by atoms with Crippen molar-refractivity contribution in [3.8, 4) is 0 Å². The molecule has 3 fully saturated rings. The number of nitrogens with one attached hydrogen (secondary N) is 4. The Kier molecular flexibility index (Phi) is 11.1. The minimum absolute atomic E-state index is 0.00701. The molecule has 0 radical (unpaired) electrons. The van der Waals surface area contributed by atoms with Crippen LogP contribution in [0.3, 0.4) is 0 Å². The number of Topliss-reactive ketones (excluding diaryl/α,β-unsaturated/α-hetero) is 2. The van der Waals surface area contributed by atoms with E-state index in [0.29, 0.717) is 13.0 Å². The molecule has 1 heterocycles. The van der Waals surface area contributed by atoms with Crippen LogP contribution in [0.2, 0.25) is 0 Å². The number of amides is 5. The number of nitrogens with zero attached hydrogens (tertiary/aromatic N) is 1. The molecule has 0 aromatic carbocycles. The molecular formula is C30H47N5O6. The van der Waals surface area contributed by atoms with Gasteiger partial charge in [-0.2, -0.15) is 0 Å². The molecule has 3 aliphatic rings. The summed E-state index contributed by atoms with van der Waals surface area (Å²) in [7, 11) is 0. The predicted octanol–water partition coefficient (Wildman–Crippen LogP) is 1.85. The second-order valence-corrected chi connectivity index (χ2v) is 13.0. The lowest BCUT2D eigenvalue weighted by molar-refractivity contribution is -0.142. The van der Waals surface area contributed by atoms with E-state index in [-0.39, 0.29) is 30.1 Å². The molecule has 11 heteroatoms. The molecule has 5 amide bonds. The van der Waals surface area contributed by atoms with Crippen LogP contribution in [0.4, 0.5) is 4.79 Å². The van der Waals surface area contributed by atoms with Crippen molar-refractivity contribution < 1.29 is 28.8 Å². The van der Waals surface area contributed by atoms with Gasteiger partial charge in [-0.1, -0.05) is 53.0 Å². The summed E-state index contributed by atoms with van der Waals surface area (Å²) in [6, 6.07) is -2.93. The normalized spacial score (nSPS) is 22.7. The average molecular weight is 574 g/mol. The Hall–Kier alpha value is -3.24. The Morgan fingerprint density at radius 1 is 0.951 bits per heavy atom. The molecule has 1 aliphatic heterocycles. The first-order valence-electron chi connectivity index (χ1n) is 14.9. The number of likely N-dealkylation sites (tertiary alicyclic amines) is 1. The monoisotopic (exact) mass is 573 g/mol. The second kappa shape index (κ2) is 14.1. The first-order chi connectivity index (χ1) is 19.3. The SMILES string of the molecule is C=CCNC(=O)C(=O)CNC(=O)[C@@H]1C[C@@H](C)CN1C(=O)[C@@H](NC(=O)N[C@H](C(=O)C1CC1)C1CCCCC1)C(C)(C)C. The summed E-state index contributed by atoms with van der Waals surface area (Å²) in [6.45, 7) is 10.8. The van der Waals surface area contributed by atoms with E-state index < -0.39 is 59.6 Å². The average Bonchev–Trinajstić information content (AvgIpc) is 3.71. The van der Waals surface area contributed by atoms with Crippen molar-refractivity contribution in [1.82, 2.24) is 26.2 Å². The summed E-state index contributed by atoms with van der Waals surface area (Å²) in [4.78, 5) is 78.7. The predicted molar refractivity (Wildman–Crippen MR) is 154 cm³/mol. The smallest absolute Gasteiger partial charge is 0.316 e. The van der Waals surface area contributed by atoms with Crippen molar-refractivity contribution in [3.63, 3.8) is 0 Å². The molecule has 0 aromatic rings. The third-order valence-corrected chi connectivity index (χ3v) is 8.26. The number of hydrogen-bond donors (Lipinski definition) is 4. The van der Waals surface area contributed by atoms with E-state index in [1.807, 2.05) is 27.7 Å². The van der Waals surface area contributed by atoms with Crippen molar-refractivity contribution in [2.24, 2.45) is 23.2 Å². The van der Waals surface area contributed by atoms with Crippen molar-refractivity contribution in [2.45, 2.75) is 97.2 Å². The van der Waals surface area contributed by atoms with Crippen LogP contribution >= 0.6 is 0 Å². The van der Waals surface area contributed by atoms with Crippen LogP contribution in [0.15, 0.2) is 12.7 Å². The maximum Gasteiger partial charge on any atom is 0.316 e. The Morgan fingerprint density at radius 3 is 2.20 bits per heavy atom. The van der Waals surface area contributed by atoms with E-state index in [9.17, 15) is 28.8 Å². The minimum atomic E-state index is -0.961. The zero-order valence-corrected chi connectivity index (χ0v) is 24.9. The number of ketones is 2. The fraction of sp³-hybridized carbons (Fsp3) is 0.733. The summed E-state index contributed by atoms with van der Waals surface area (Å²) >= 11 is 0. The van der Waals surface area contributed by atoms with Crippen LogP contribution in [0.25, 0.3) is 0 Å². The summed E-state index contributed by atoms with van der Waals surface area (Å²) in [6.07, 6.45) is 8.53. The van der Waals surface area contributed by atoms with Gasteiger partial charge in [-0.25, -0.2) is 4.79 Å². The highest BCUT2D eigenvalue weighted by atomic mass is 16.2. The largest absolute Gasteiger partial charge is 0.347 e. The molecule has 11 nitrogen and oxygen atoms in total. The van der Waals surface area contributed by atoms with Gasteiger partial charge in [-0.3, -0.25) is 24.0 Å². The summed E-state index contributed by atoms with van der Waals surface area (Å²) in [5, 5.41) is 10.6. The van der Waals surface area contributed by atoms with Crippen molar-refractivity contribution in [2.75, 3.05) is 19.6 Å². The van der Waals surface area contributed by atoms with Gasteiger partial charge in [0.1, 0.15) is 12.1 Å². The number of rotatable bonds is 12. The standard InChI is InChI=1S/C30H47N5O6/c1-6-14-31-27(39)22(36)16-32-26(38)21-15-18(2)17-35(21)28(40)25(30(3,4)5)34-29(41)33-23(24(37)20-12-13-20)19-10-8-7-9-11-19/h6,18-21,23,25H,1,7-17H2,2-5H3,(H,31,39)(H,32,38)(H2,33,34,41)/t18-,21+,23+,25-/m1/s1. The Balaban J connectivity index is 1.68. The lowest BCUT2D eigenvalue weighted by Crippen LogP contribution is -2.61. The van der Waals surface area contributed by atoms with E-state index in [0.717, 1.165) is 44.9 Å². The van der Waals surface area contributed by atoms with E-state index in [1.54, 1.807) is 0 Å². The summed E-state index contributed by atoms with van der Waals surface area (Å²) in [5.74, 6) is -2.36. The van der Waals surface area contributed by atoms with E-state index in [2.05, 4.69) is 27.8 Å². The maximum atomic E-state index is 13.9. The molecular weight excluding hydrogens is 526 g/mol. The Bertz CT molecular complexity index is 1030. The lowest BCUT2D eigenvalue weighted by atomic mass is 9.81. The molecule has 0 unspecified atom stereocenters. The van der Waals surface area contributed by atoms with E-state index in [4.69, 9.17) is 0 Å². The molecule has 4 N–H and O–H groups in total. The molecule has 2 saturated carbocycles. The Morgan fingerprint density at radius 2 is 1.61 bits per heavy atom. The van der Waals surface area contributed by atoms with Gasteiger partial charge in [-0.05, 0) is 49.4 Å². The molecule has 0 spiro atoms. The van der Waals surface area contributed by atoms with Gasteiger partial charge in [0, 0.05) is 19.0 Å². The van der Waals surface area contributed by atoms with Crippen molar-refractivity contribution in [1.29, 1.82) is 0 Å². The molecule has 0 aromatic heterocycles. The molecule has 228 valence electrons. The number of urea groups is 1. The zero-order valence-electron chi connectivity index (χ0n) is 24.9. The third kappa shape index (κ3) is 8.87.